The molecule has 0 bridgehead atoms. The Morgan fingerprint density at radius 1 is 1.29 bits per heavy atom. The predicted molar refractivity (Wildman–Crippen MR) is 87.4 cm³/mol. The van der Waals surface area contributed by atoms with Crippen molar-refractivity contribution >= 4 is 17.3 Å². The molecule has 1 aromatic rings. The fourth-order valence-corrected chi connectivity index (χ4v) is 2.48. The van der Waals surface area contributed by atoms with Crippen LogP contribution in [0.5, 0.6) is 0 Å². The zero-order chi connectivity index (χ0) is 15.4. The summed E-state index contributed by atoms with van der Waals surface area (Å²) in [5.74, 6) is 0.197. The van der Waals surface area contributed by atoms with Crippen LogP contribution in [0.4, 0.5) is 11.4 Å². The van der Waals surface area contributed by atoms with Gasteiger partial charge in [-0.2, -0.15) is 0 Å². The van der Waals surface area contributed by atoms with Crippen LogP contribution in [-0.2, 0) is 4.79 Å². The van der Waals surface area contributed by atoms with Gasteiger partial charge in [0.2, 0.25) is 5.91 Å². The van der Waals surface area contributed by atoms with E-state index in [9.17, 15) is 4.79 Å². The van der Waals surface area contributed by atoms with Gasteiger partial charge in [-0.25, -0.2) is 0 Å². The lowest BCUT2D eigenvalue weighted by Crippen LogP contribution is -2.50. The standard InChI is InChI=1S/C16H26N4O/c1-13(2)18(3)16(21)12-19-7-9-20(10-8-19)15-6-4-5-14(17)11-15/h4-6,11,13H,7-10,12,17H2,1-3H3. The van der Waals surface area contributed by atoms with Crippen molar-refractivity contribution < 1.29 is 4.79 Å². The quantitative estimate of drug-likeness (QED) is 0.848. The van der Waals surface area contributed by atoms with Crippen LogP contribution in [0.1, 0.15) is 13.8 Å². The molecule has 21 heavy (non-hydrogen) atoms. The van der Waals surface area contributed by atoms with Crippen LogP contribution in [-0.4, -0.2) is 61.5 Å². The number of carbonyl (C=O) groups is 1. The highest BCUT2D eigenvalue weighted by atomic mass is 16.2. The van der Waals surface area contributed by atoms with Crippen molar-refractivity contribution in [3.8, 4) is 0 Å². The van der Waals surface area contributed by atoms with Gasteiger partial charge in [0.1, 0.15) is 0 Å². The number of hydrogen-bond acceptors (Lipinski definition) is 4. The number of amides is 1. The van der Waals surface area contributed by atoms with Gasteiger partial charge in [-0.15, -0.1) is 0 Å². The van der Waals surface area contributed by atoms with Gasteiger partial charge >= 0.3 is 0 Å². The maximum absolute atomic E-state index is 12.1. The molecule has 1 aliphatic heterocycles. The van der Waals surface area contributed by atoms with Crippen molar-refractivity contribution in [1.82, 2.24) is 9.80 Å². The molecule has 116 valence electrons. The summed E-state index contributed by atoms with van der Waals surface area (Å²) in [5.41, 5.74) is 7.79. The van der Waals surface area contributed by atoms with Gasteiger partial charge in [-0.3, -0.25) is 9.69 Å². The third-order valence-electron chi connectivity index (χ3n) is 4.13. The van der Waals surface area contributed by atoms with Crippen LogP contribution >= 0.6 is 0 Å². The van der Waals surface area contributed by atoms with Gasteiger partial charge in [-0.05, 0) is 32.0 Å². The number of benzene rings is 1. The highest BCUT2D eigenvalue weighted by Gasteiger charge is 2.21. The molecule has 0 atom stereocenters. The highest BCUT2D eigenvalue weighted by Crippen LogP contribution is 2.19. The van der Waals surface area contributed by atoms with E-state index < -0.39 is 0 Å². The number of rotatable bonds is 4. The number of nitrogen functional groups attached to an aromatic ring is 1. The molecule has 1 aliphatic rings. The molecule has 2 rings (SSSR count). The Balaban J connectivity index is 1.85. The summed E-state index contributed by atoms with van der Waals surface area (Å²) in [6.07, 6.45) is 0. The molecule has 0 saturated carbocycles. The summed E-state index contributed by atoms with van der Waals surface area (Å²) in [6.45, 7) is 8.27. The minimum absolute atomic E-state index is 0.197. The average Bonchev–Trinajstić information content (AvgIpc) is 2.47. The molecule has 1 saturated heterocycles. The molecule has 5 nitrogen and oxygen atoms in total. The third-order valence-corrected chi connectivity index (χ3v) is 4.13. The summed E-state index contributed by atoms with van der Waals surface area (Å²) in [6, 6.07) is 8.24. The lowest BCUT2D eigenvalue weighted by Gasteiger charge is -2.36. The van der Waals surface area contributed by atoms with Crippen molar-refractivity contribution in [2.24, 2.45) is 0 Å². The van der Waals surface area contributed by atoms with Crippen molar-refractivity contribution in [2.45, 2.75) is 19.9 Å². The fraction of sp³-hybridized carbons (Fsp3) is 0.562. The van der Waals surface area contributed by atoms with Crippen molar-refractivity contribution in [3.05, 3.63) is 24.3 Å². The zero-order valence-electron chi connectivity index (χ0n) is 13.2. The van der Waals surface area contributed by atoms with Gasteiger partial charge in [0.05, 0.1) is 6.54 Å². The smallest absolute Gasteiger partial charge is 0.236 e. The minimum atomic E-state index is 0.197. The number of nitrogens with zero attached hydrogens (tertiary/aromatic N) is 3. The van der Waals surface area contributed by atoms with Crippen LogP contribution in [0.25, 0.3) is 0 Å². The number of hydrogen-bond donors (Lipinski definition) is 1. The molecule has 0 aromatic heterocycles. The second-order valence-electron chi connectivity index (χ2n) is 5.96. The van der Waals surface area contributed by atoms with Gasteiger partial charge in [-0.1, -0.05) is 6.07 Å². The van der Waals surface area contributed by atoms with Gasteiger partial charge in [0.25, 0.3) is 0 Å². The Kier molecular flexibility index (Phi) is 5.07. The van der Waals surface area contributed by atoms with Gasteiger partial charge < -0.3 is 15.5 Å². The molecule has 0 unspecified atom stereocenters. The highest BCUT2D eigenvalue weighted by molar-refractivity contribution is 5.78. The first kappa shape index (κ1) is 15.6. The summed E-state index contributed by atoms with van der Waals surface area (Å²) in [4.78, 5) is 18.5. The van der Waals surface area contributed by atoms with Crippen LogP contribution < -0.4 is 10.6 Å². The van der Waals surface area contributed by atoms with Gasteiger partial charge in [0, 0.05) is 50.6 Å². The van der Waals surface area contributed by atoms with Crippen LogP contribution in [0.2, 0.25) is 0 Å². The number of likely N-dealkylation sites (N-methyl/N-ethyl adjacent to an activating group) is 1. The Labute approximate surface area is 127 Å². The van der Waals surface area contributed by atoms with Gasteiger partial charge in [0.15, 0.2) is 0 Å². The molecule has 5 heteroatoms. The Morgan fingerprint density at radius 3 is 2.52 bits per heavy atom. The van der Waals surface area contributed by atoms with E-state index in [4.69, 9.17) is 5.73 Å². The SMILES string of the molecule is CC(C)N(C)C(=O)CN1CCN(c2cccc(N)c2)CC1. The second-order valence-corrected chi connectivity index (χ2v) is 5.96. The summed E-state index contributed by atoms with van der Waals surface area (Å²) >= 11 is 0. The molecule has 1 heterocycles. The first-order valence-electron chi connectivity index (χ1n) is 7.56. The molecular weight excluding hydrogens is 264 g/mol. The molecule has 1 aromatic carbocycles. The van der Waals surface area contributed by atoms with E-state index >= 15 is 0 Å². The van der Waals surface area contributed by atoms with E-state index in [1.807, 2.05) is 44.0 Å². The zero-order valence-corrected chi connectivity index (χ0v) is 13.2. The van der Waals surface area contributed by atoms with Crippen LogP contribution in [0.3, 0.4) is 0 Å². The normalized spacial score (nSPS) is 16.3. The Hall–Kier alpha value is -1.75. The second kappa shape index (κ2) is 6.80. The molecule has 2 N–H and O–H groups in total. The van der Waals surface area contributed by atoms with E-state index in [1.165, 1.54) is 5.69 Å². The number of nitrogens with two attached hydrogens (primary N) is 1. The van der Waals surface area contributed by atoms with E-state index in [1.54, 1.807) is 0 Å². The maximum Gasteiger partial charge on any atom is 0.236 e. The number of anilines is 2. The molecule has 0 radical (unpaired) electrons. The molecule has 1 amide bonds. The van der Waals surface area contributed by atoms with E-state index in [-0.39, 0.29) is 11.9 Å². The lowest BCUT2D eigenvalue weighted by molar-refractivity contribution is -0.132. The number of carbonyl (C=O) groups excluding carboxylic acids is 1. The van der Waals surface area contributed by atoms with E-state index in [2.05, 4.69) is 15.9 Å². The maximum atomic E-state index is 12.1. The van der Waals surface area contributed by atoms with Crippen LogP contribution in [0, 0.1) is 0 Å². The van der Waals surface area contributed by atoms with Crippen LogP contribution in [0.15, 0.2) is 24.3 Å². The predicted octanol–water partition coefficient (Wildman–Crippen LogP) is 1.26. The average molecular weight is 290 g/mol. The monoisotopic (exact) mass is 290 g/mol. The Bertz CT molecular complexity index is 481. The topological polar surface area (TPSA) is 52.8 Å². The number of piperazine rings is 1. The van der Waals surface area contributed by atoms with Crippen molar-refractivity contribution in [2.75, 3.05) is 50.4 Å². The first-order valence-corrected chi connectivity index (χ1v) is 7.56. The largest absolute Gasteiger partial charge is 0.399 e. The Morgan fingerprint density at radius 2 is 1.95 bits per heavy atom. The molecular formula is C16H26N4O. The molecule has 1 fully saturated rings. The fourth-order valence-electron chi connectivity index (χ4n) is 2.48. The molecule has 0 spiro atoms. The summed E-state index contributed by atoms with van der Waals surface area (Å²) in [5, 5.41) is 0. The summed E-state index contributed by atoms with van der Waals surface area (Å²) < 4.78 is 0. The van der Waals surface area contributed by atoms with Crippen molar-refractivity contribution in [1.29, 1.82) is 0 Å². The summed E-state index contributed by atoms with van der Waals surface area (Å²) in [7, 11) is 1.87. The van der Waals surface area contributed by atoms with E-state index in [0.29, 0.717) is 6.54 Å². The minimum Gasteiger partial charge on any atom is -0.399 e. The molecule has 0 aliphatic carbocycles. The van der Waals surface area contributed by atoms with E-state index in [0.717, 1.165) is 31.9 Å². The lowest BCUT2D eigenvalue weighted by atomic mass is 10.2. The van der Waals surface area contributed by atoms with Crippen molar-refractivity contribution in [3.63, 3.8) is 0 Å². The first-order chi connectivity index (χ1) is 9.97. The third kappa shape index (κ3) is 4.11.